The third-order valence-corrected chi connectivity index (χ3v) is 6.72. The van der Waals surface area contributed by atoms with Crippen molar-refractivity contribution in [2.45, 2.75) is 51.4 Å². The summed E-state index contributed by atoms with van der Waals surface area (Å²) in [5, 5.41) is 32.0. The molecule has 0 aliphatic carbocycles. The first kappa shape index (κ1) is 28.3. The molecule has 2 amide bonds. The van der Waals surface area contributed by atoms with Gasteiger partial charge in [0, 0.05) is 24.0 Å². The second-order valence-corrected chi connectivity index (χ2v) is 9.65. The number of aromatic hydroxyl groups is 2. The average Bonchev–Trinajstić information content (AvgIpc) is 2.96. The van der Waals surface area contributed by atoms with E-state index >= 15 is 0 Å². The topological polar surface area (TPSA) is 123 Å². The van der Waals surface area contributed by atoms with Crippen LogP contribution in [0, 0.1) is 0 Å². The Labute approximate surface area is 233 Å². The molecule has 206 valence electrons. The monoisotopic (exact) mass is 538 g/mol. The summed E-state index contributed by atoms with van der Waals surface area (Å²) in [5.74, 6) is -0.0960. The van der Waals surface area contributed by atoms with Crippen LogP contribution < -0.4 is 10.9 Å². The molecule has 0 aromatic heterocycles. The lowest BCUT2D eigenvalue weighted by atomic mass is 10.0. The Bertz CT molecular complexity index is 1420. The molecule has 0 spiro atoms. The fourth-order valence-corrected chi connectivity index (χ4v) is 4.57. The highest BCUT2D eigenvalue weighted by atomic mass is 16.3. The molecule has 8 nitrogen and oxygen atoms in total. The Morgan fingerprint density at radius 3 is 1.43 bits per heavy atom. The van der Waals surface area contributed by atoms with Gasteiger partial charge in [0.15, 0.2) is 0 Å². The van der Waals surface area contributed by atoms with Crippen LogP contribution in [0.1, 0.15) is 62.5 Å². The maximum Gasteiger partial charge on any atom is 0.240 e. The van der Waals surface area contributed by atoms with Crippen molar-refractivity contribution in [1.29, 1.82) is 0 Å². The molecule has 0 fully saturated rings. The Morgan fingerprint density at radius 1 is 0.575 bits per heavy atom. The van der Waals surface area contributed by atoms with Gasteiger partial charge < -0.3 is 10.2 Å². The van der Waals surface area contributed by atoms with Gasteiger partial charge in [-0.3, -0.25) is 9.59 Å². The van der Waals surface area contributed by atoms with Crippen molar-refractivity contribution in [1.82, 2.24) is 10.9 Å². The maximum atomic E-state index is 12.1. The van der Waals surface area contributed by atoms with Crippen molar-refractivity contribution in [3.8, 4) is 11.5 Å². The zero-order valence-corrected chi connectivity index (χ0v) is 22.3. The summed E-state index contributed by atoms with van der Waals surface area (Å²) in [6.45, 7) is 0. The molecule has 0 radical (unpaired) electrons. The molecule has 4 aromatic carbocycles. The highest BCUT2D eigenvalue weighted by molar-refractivity contribution is 6.03. The lowest BCUT2D eigenvalue weighted by Gasteiger charge is -2.05. The van der Waals surface area contributed by atoms with Crippen molar-refractivity contribution in [2.24, 2.45) is 10.2 Å². The van der Waals surface area contributed by atoms with Crippen molar-refractivity contribution < 1.29 is 19.8 Å². The van der Waals surface area contributed by atoms with Gasteiger partial charge >= 0.3 is 0 Å². The molecule has 0 saturated heterocycles. The lowest BCUT2D eigenvalue weighted by molar-refractivity contribution is -0.122. The Morgan fingerprint density at radius 2 is 0.975 bits per heavy atom. The minimum atomic E-state index is -0.162. The van der Waals surface area contributed by atoms with Gasteiger partial charge in [-0.1, -0.05) is 86.3 Å². The van der Waals surface area contributed by atoms with Crippen LogP contribution >= 0.6 is 0 Å². The molecule has 0 heterocycles. The number of amides is 2. The van der Waals surface area contributed by atoms with E-state index < -0.39 is 0 Å². The predicted molar refractivity (Wildman–Crippen MR) is 160 cm³/mol. The van der Waals surface area contributed by atoms with Gasteiger partial charge in [-0.2, -0.15) is 10.2 Å². The van der Waals surface area contributed by atoms with E-state index in [4.69, 9.17) is 0 Å². The highest BCUT2D eigenvalue weighted by Crippen LogP contribution is 2.26. The predicted octanol–water partition coefficient (Wildman–Crippen LogP) is 6.13. The summed E-state index contributed by atoms with van der Waals surface area (Å²) >= 11 is 0. The SMILES string of the molecule is O=C(CCCCCCCCC(=O)N/N=C\c1c(O)ccc2ccccc12)N/N=C\c1c(O)ccc2ccccc12. The summed E-state index contributed by atoms with van der Waals surface area (Å²) in [6.07, 6.45) is 9.06. The van der Waals surface area contributed by atoms with Crippen LogP contribution in [0.5, 0.6) is 11.5 Å². The average molecular weight is 539 g/mol. The molecule has 0 unspecified atom stereocenters. The molecule has 0 atom stereocenters. The third kappa shape index (κ3) is 7.89. The van der Waals surface area contributed by atoms with Crippen molar-refractivity contribution in [3.05, 3.63) is 83.9 Å². The number of phenols is 2. The van der Waals surface area contributed by atoms with E-state index in [1.54, 1.807) is 12.1 Å². The molecule has 4 aromatic rings. The highest BCUT2D eigenvalue weighted by Gasteiger charge is 2.06. The largest absolute Gasteiger partial charge is 0.507 e. The summed E-state index contributed by atoms with van der Waals surface area (Å²) in [6, 6.07) is 22.3. The Kier molecular flexibility index (Phi) is 10.2. The van der Waals surface area contributed by atoms with E-state index in [1.165, 1.54) is 12.4 Å². The number of fused-ring (bicyclic) bond motifs is 2. The number of nitrogens with zero attached hydrogens (tertiary/aromatic N) is 2. The van der Waals surface area contributed by atoms with Crippen LogP contribution in [-0.4, -0.2) is 34.5 Å². The number of phenolic OH excluding ortho intramolecular Hbond substituents is 2. The van der Waals surface area contributed by atoms with Gasteiger partial charge in [-0.25, -0.2) is 10.9 Å². The van der Waals surface area contributed by atoms with Crippen LogP contribution in [0.3, 0.4) is 0 Å². The van der Waals surface area contributed by atoms with Crippen LogP contribution in [0.4, 0.5) is 0 Å². The van der Waals surface area contributed by atoms with Crippen LogP contribution in [0.2, 0.25) is 0 Å². The van der Waals surface area contributed by atoms with E-state index in [1.807, 2.05) is 60.7 Å². The number of nitrogens with one attached hydrogen (secondary N) is 2. The van der Waals surface area contributed by atoms with Crippen molar-refractivity contribution in [3.63, 3.8) is 0 Å². The quantitative estimate of drug-likeness (QED) is 0.0929. The standard InChI is InChI=1S/C32H34N4O4/c37-29-19-17-23-11-7-9-13-25(23)27(29)21-33-35-31(39)15-5-3-1-2-4-6-16-32(40)36-34-22-28-26-14-10-8-12-24(26)18-20-30(28)38/h7-14,17-22,37-38H,1-6,15-16H2,(H,35,39)(H,36,40)/b33-21-,34-22-. The van der Waals surface area contributed by atoms with Gasteiger partial charge in [-0.15, -0.1) is 0 Å². The van der Waals surface area contributed by atoms with Gasteiger partial charge in [0.25, 0.3) is 0 Å². The molecule has 0 bridgehead atoms. The summed E-state index contributed by atoms with van der Waals surface area (Å²) < 4.78 is 0. The molecule has 40 heavy (non-hydrogen) atoms. The van der Waals surface area contributed by atoms with Gasteiger partial charge in [0.1, 0.15) is 11.5 Å². The molecular weight excluding hydrogens is 504 g/mol. The second kappa shape index (κ2) is 14.4. The zero-order valence-electron chi connectivity index (χ0n) is 22.3. The van der Waals surface area contributed by atoms with Gasteiger partial charge in [-0.05, 0) is 46.5 Å². The van der Waals surface area contributed by atoms with Crippen LogP contribution in [0.15, 0.2) is 83.0 Å². The number of hydrazone groups is 2. The summed E-state index contributed by atoms with van der Waals surface area (Å²) in [4.78, 5) is 24.2. The molecular formula is C32H34N4O4. The zero-order chi connectivity index (χ0) is 28.2. The lowest BCUT2D eigenvalue weighted by Crippen LogP contribution is -2.17. The first-order chi connectivity index (χ1) is 19.5. The molecule has 0 aliphatic rings. The normalized spacial score (nSPS) is 11.5. The first-order valence-corrected chi connectivity index (χ1v) is 13.6. The minimum absolute atomic E-state index is 0.114. The van der Waals surface area contributed by atoms with Crippen LogP contribution in [-0.2, 0) is 9.59 Å². The van der Waals surface area contributed by atoms with Crippen molar-refractivity contribution >= 4 is 45.8 Å². The van der Waals surface area contributed by atoms with Gasteiger partial charge in [0.05, 0.1) is 12.4 Å². The fourth-order valence-electron chi connectivity index (χ4n) is 4.57. The third-order valence-electron chi connectivity index (χ3n) is 6.72. The molecule has 8 heteroatoms. The summed E-state index contributed by atoms with van der Waals surface area (Å²) in [5.41, 5.74) is 6.21. The number of benzene rings is 4. The molecule has 0 aliphatic heterocycles. The maximum absolute atomic E-state index is 12.1. The number of hydrogen-bond donors (Lipinski definition) is 4. The van der Waals surface area contributed by atoms with E-state index in [-0.39, 0.29) is 23.3 Å². The van der Waals surface area contributed by atoms with Crippen molar-refractivity contribution in [2.75, 3.05) is 0 Å². The minimum Gasteiger partial charge on any atom is -0.507 e. The number of hydrogen-bond acceptors (Lipinski definition) is 6. The van der Waals surface area contributed by atoms with E-state index in [9.17, 15) is 19.8 Å². The van der Waals surface area contributed by atoms with E-state index in [2.05, 4.69) is 21.1 Å². The number of rotatable bonds is 13. The fraction of sp³-hybridized carbons (Fsp3) is 0.250. The number of carbonyl (C=O) groups excluding carboxylic acids is 2. The van der Waals surface area contributed by atoms with Gasteiger partial charge in [0.2, 0.25) is 11.8 Å². The smallest absolute Gasteiger partial charge is 0.240 e. The second-order valence-electron chi connectivity index (χ2n) is 9.65. The molecule has 0 saturated carbocycles. The van der Waals surface area contributed by atoms with Crippen LogP contribution in [0.25, 0.3) is 21.5 Å². The Balaban J connectivity index is 1.06. The number of unbranched alkanes of at least 4 members (excludes halogenated alkanes) is 5. The Hall–Kier alpha value is -4.72. The number of carbonyl (C=O) groups is 2. The molecule has 4 N–H and O–H groups in total. The first-order valence-electron chi connectivity index (χ1n) is 13.6. The summed E-state index contributed by atoms with van der Waals surface area (Å²) in [7, 11) is 0. The van der Waals surface area contributed by atoms with E-state index in [0.717, 1.165) is 60.1 Å². The molecule has 4 rings (SSSR count). The van der Waals surface area contributed by atoms with E-state index in [0.29, 0.717) is 24.0 Å².